The van der Waals surface area contributed by atoms with Gasteiger partial charge in [-0.1, -0.05) is 0 Å². The van der Waals surface area contributed by atoms with Crippen molar-refractivity contribution in [3.63, 3.8) is 0 Å². The average Bonchev–Trinajstić information content (AvgIpc) is 2.65. The van der Waals surface area contributed by atoms with Gasteiger partial charge in [0.25, 0.3) is 0 Å². The lowest BCUT2D eigenvalue weighted by Crippen LogP contribution is -1.98. The first-order valence-electron chi connectivity index (χ1n) is 6.01. The van der Waals surface area contributed by atoms with Gasteiger partial charge in [0, 0.05) is 24.4 Å². The first-order valence-corrected chi connectivity index (χ1v) is 6.01. The Balaban J connectivity index is 2.70. The molecule has 0 aliphatic heterocycles. The van der Waals surface area contributed by atoms with Crippen molar-refractivity contribution in [3.8, 4) is 22.8 Å². The van der Waals surface area contributed by atoms with Crippen LogP contribution in [-0.2, 0) is 7.05 Å². The molecule has 0 spiro atoms. The highest BCUT2D eigenvalue weighted by molar-refractivity contribution is 5.75. The lowest BCUT2D eigenvalue weighted by Gasteiger charge is -2.13. The SMILES string of the molecule is COc1cc(C)c(-c2nc(N)n(C)c2C)c(OC)c1. The Morgan fingerprint density at radius 2 is 1.84 bits per heavy atom. The predicted molar refractivity (Wildman–Crippen MR) is 75.6 cm³/mol. The molecule has 0 atom stereocenters. The number of nitrogens with two attached hydrogens (primary N) is 1. The van der Waals surface area contributed by atoms with E-state index in [9.17, 15) is 0 Å². The summed E-state index contributed by atoms with van der Waals surface area (Å²) in [6, 6.07) is 3.81. The van der Waals surface area contributed by atoms with Crippen LogP contribution < -0.4 is 15.2 Å². The molecule has 0 saturated heterocycles. The monoisotopic (exact) mass is 261 g/mol. The Kier molecular flexibility index (Phi) is 3.38. The van der Waals surface area contributed by atoms with E-state index < -0.39 is 0 Å². The quantitative estimate of drug-likeness (QED) is 0.921. The molecule has 0 aliphatic rings. The molecule has 0 saturated carbocycles. The van der Waals surface area contributed by atoms with Gasteiger partial charge in [0.15, 0.2) is 0 Å². The molecule has 0 bridgehead atoms. The van der Waals surface area contributed by atoms with Crippen LogP contribution in [0.4, 0.5) is 5.95 Å². The number of imidazole rings is 1. The van der Waals surface area contributed by atoms with E-state index >= 15 is 0 Å². The first-order chi connectivity index (χ1) is 8.99. The second-order valence-electron chi connectivity index (χ2n) is 4.48. The largest absolute Gasteiger partial charge is 0.497 e. The van der Waals surface area contributed by atoms with Gasteiger partial charge in [0.05, 0.1) is 19.9 Å². The number of hydrogen-bond acceptors (Lipinski definition) is 4. The Bertz CT molecular complexity index is 618. The molecule has 5 heteroatoms. The summed E-state index contributed by atoms with van der Waals surface area (Å²) in [6.07, 6.45) is 0. The van der Waals surface area contributed by atoms with Crippen molar-refractivity contribution in [2.24, 2.45) is 7.05 Å². The van der Waals surface area contributed by atoms with Gasteiger partial charge in [-0.05, 0) is 25.5 Å². The van der Waals surface area contributed by atoms with Crippen LogP contribution in [0, 0.1) is 13.8 Å². The summed E-state index contributed by atoms with van der Waals surface area (Å²) in [5, 5.41) is 0. The van der Waals surface area contributed by atoms with E-state index in [2.05, 4.69) is 4.98 Å². The Labute approximate surface area is 113 Å². The van der Waals surface area contributed by atoms with Crippen LogP contribution in [0.3, 0.4) is 0 Å². The summed E-state index contributed by atoms with van der Waals surface area (Å²) < 4.78 is 12.6. The molecule has 1 heterocycles. The fourth-order valence-electron chi connectivity index (χ4n) is 2.14. The lowest BCUT2D eigenvalue weighted by atomic mass is 10.0. The van der Waals surface area contributed by atoms with Crippen molar-refractivity contribution >= 4 is 5.95 Å². The molecule has 2 N–H and O–H groups in total. The van der Waals surface area contributed by atoms with Crippen LogP contribution in [0.5, 0.6) is 11.5 Å². The van der Waals surface area contributed by atoms with Gasteiger partial charge in [-0.3, -0.25) is 0 Å². The molecular formula is C14H19N3O2. The number of nitrogen functional groups attached to an aromatic ring is 1. The number of aryl methyl sites for hydroxylation is 1. The summed E-state index contributed by atoms with van der Waals surface area (Å²) in [5.41, 5.74) is 9.70. The first kappa shape index (κ1) is 13.3. The fraction of sp³-hybridized carbons (Fsp3) is 0.357. The number of benzene rings is 1. The number of ether oxygens (including phenoxy) is 2. The summed E-state index contributed by atoms with van der Waals surface area (Å²) in [6.45, 7) is 3.99. The Morgan fingerprint density at radius 1 is 1.16 bits per heavy atom. The summed E-state index contributed by atoms with van der Waals surface area (Å²) in [5.74, 6) is 1.99. The molecule has 5 nitrogen and oxygen atoms in total. The van der Waals surface area contributed by atoms with Gasteiger partial charge in [0.1, 0.15) is 11.5 Å². The summed E-state index contributed by atoms with van der Waals surface area (Å²) in [4.78, 5) is 4.42. The Hall–Kier alpha value is -2.17. The minimum atomic E-state index is 0.491. The van der Waals surface area contributed by atoms with Crippen LogP contribution in [0.1, 0.15) is 11.3 Å². The van der Waals surface area contributed by atoms with E-state index in [0.29, 0.717) is 5.95 Å². The highest BCUT2D eigenvalue weighted by Gasteiger charge is 2.18. The third-order valence-electron chi connectivity index (χ3n) is 3.38. The highest BCUT2D eigenvalue weighted by Crippen LogP contribution is 2.38. The fourth-order valence-corrected chi connectivity index (χ4v) is 2.14. The second-order valence-corrected chi connectivity index (χ2v) is 4.48. The molecule has 0 unspecified atom stereocenters. The van der Waals surface area contributed by atoms with Crippen molar-refractivity contribution in [2.75, 3.05) is 20.0 Å². The topological polar surface area (TPSA) is 62.3 Å². The van der Waals surface area contributed by atoms with Gasteiger partial charge in [-0.15, -0.1) is 0 Å². The zero-order chi connectivity index (χ0) is 14.2. The highest BCUT2D eigenvalue weighted by atomic mass is 16.5. The maximum atomic E-state index is 5.86. The number of nitrogens with zero attached hydrogens (tertiary/aromatic N) is 2. The number of rotatable bonds is 3. The third-order valence-corrected chi connectivity index (χ3v) is 3.38. The van der Waals surface area contributed by atoms with E-state index in [-0.39, 0.29) is 0 Å². The summed E-state index contributed by atoms with van der Waals surface area (Å²) >= 11 is 0. The Morgan fingerprint density at radius 3 is 2.32 bits per heavy atom. The molecule has 0 radical (unpaired) electrons. The van der Waals surface area contributed by atoms with Crippen molar-refractivity contribution in [2.45, 2.75) is 13.8 Å². The molecule has 0 aliphatic carbocycles. The molecule has 1 aromatic heterocycles. The second kappa shape index (κ2) is 4.84. The van der Waals surface area contributed by atoms with Crippen LogP contribution in [0.2, 0.25) is 0 Å². The molecule has 102 valence electrons. The molecule has 2 rings (SSSR count). The predicted octanol–water partition coefficient (Wildman–Crippen LogP) is 2.30. The van der Waals surface area contributed by atoms with Crippen molar-refractivity contribution in [1.82, 2.24) is 9.55 Å². The van der Waals surface area contributed by atoms with E-state index in [1.165, 1.54) is 0 Å². The molecule has 2 aromatic rings. The molecular weight excluding hydrogens is 242 g/mol. The molecule has 1 aromatic carbocycles. The number of methoxy groups -OCH3 is 2. The number of hydrogen-bond donors (Lipinski definition) is 1. The van der Waals surface area contributed by atoms with Gasteiger partial charge in [0.2, 0.25) is 5.95 Å². The van der Waals surface area contributed by atoms with Gasteiger partial charge in [-0.25, -0.2) is 4.98 Å². The average molecular weight is 261 g/mol. The van der Waals surface area contributed by atoms with Gasteiger partial charge in [-0.2, -0.15) is 0 Å². The van der Waals surface area contributed by atoms with Crippen LogP contribution in [0.25, 0.3) is 11.3 Å². The van der Waals surface area contributed by atoms with Crippen molar-refractivity contribution in [1.29, 1.82) is 0 Å². The number of aromatic nitrogens is 2. The zero-order valence-corrected chi connectivity index (χ0v) is 11.9. The molecule has 0 amide bonds. The van der Waals surface area contributed by atoms with Crippen molar-refractivity contribution < 1.29 is 9.47 Å². The molecule has 0 fully saturated rings. The third kappa shape index (κ3) is 2.12. The number of anilines is 1. The lowest BCUT2D eigenvalue weighted by molar-refractivity contribution is 0.395. The maximum Gasteiger partial charge on any atom is 0.200 e. The van der Waals surface area contributed by atoms with Crippen LogP contribution in [-0.4, -0.2) is 23.8 Å². The summed E-state index contributed by atoms with van der Waals surface area (Å²) in [7, 11) is 5.17. The van der Waals surface area contributed by atoms with E-state index in [0.717, 1.165) is 34.0 Å². The van der Waals surface area contributed by atoms with Crippen molar-refractivity contribution in [3.05, 3.63) is 23.4 Å². The zero-order valence-electron chi connectivity index (χ0n) is 11.9. The minimum Gasteiger partial charge on any atom is -0.497 e. The van der Waals surface area contributed by atoms with E-state index in [1.54, 1.807) is 14.2 Å². The molecule has 19 heavy (non-hydrogen) atoms. The van der Waals surface area contributed by atoms with Gasteiger partial charge >= 0.3 is 0 Å². The van der Waals surface area contributed by atoms with E-state index in [4.69, 9.17) is 15.2 Å². The maximum absolute atomic E-state index is 5.86. The van der Waals surface area contributed by atoms with E-state index in [1.807, 2.05) is 37.6 Å². The smallest absolute Gasteiger partial charge is 0.200 e. The van der Waals surface area contributed by atoms with Gasteiger partial charge < -0.3 is 19.8 Å². The standard InChI is InChI=1S/C14H19N3O2/c1-8-6-10(18-4)7-11(19-5)12(8)13-9(2)17(3)14(15)16-13/h6-7H,1-5H3,(H2,15,16). The van der Waals surface area contributed by atoms with Crippen LogP contribution in [0.15, 0.2) is 12.1 Å². The normalized spacial score (nSPS) is 10.6. The van der Waals surface area contributed by atoms with Crippen LogP contribution >= 0.6 is 0 Å². The minimum absolute atomic E-state index is 0.491.